The van der Waals surface area contributed by atoms with E-state index >= 15 is 0 Å². The van der Waals surface area contributed by atoms with Crippen LogP contribution in [0, 0.1) is 6.92 Å². The highest BCUT2D eigenvalue weighted by Gasteiger charge is 2.18. The summed E-state index contributed by atoms with van der Waals surface area (Å²) in [6.07, 6.45) is 4.44. The fourth-order valence-corrected chi connectivity index (χ4v) is 3.10. The number of ether oxygens (including phenoxy) is 3. The molecule has 0 spiro atoms. The molecule has 8 nitrogen and oxygen atoms in total. The first-order valence-corrected chi connectivity index (χ1v) is 9.87. The van der Waals surface area contributed by atoms with E-state index in [2.05, 4.69) is 10.4 Å². The number of anilines is 1. The molecule has 2 aromatic carbocycles. The molecule has 0 unspecified atom stereocenters. The van der Waals surface area contributed by atoms with Crippen molar-refractivity contribution < 1.29 is 23.8 Å². The first-order chi connectivity index (χ1) is 15.4. The number of para-hydroxylation sites is 1. The number of nitrogens with one attached hydrogen (secondary N) is 1. The Morgan fingerprint density at radius 1 is 1.12 bits per heavy atom. The van der Waals surface area contributed by atoms with E-state index in [9.17, 15) is 9.59 Å². The predicted molar refractivity (Wildman–Crippen MR) is 121 cm³/mol. The zero-order valence-corrected chi connectivity index (χ0v) is 18.4. The van der Waals surface area contributed by atoms with Crippen LogP contribution in [-0.2, 0) is 23.2 Å². The lowest BCUT2D eigenvalue weighted by Gasteiger charge is -2.12. The van der Waals surface area contributed by atoms with Gasteiger partial charge in [-0.1, -0.05) is 24.3 Å². The Kier molecular flexibility index (Phi) is 7.28. The van der Waals surface area contributed by atoms with Crippen LogP contribution in [0.25, 0.3) is 6.08 Å². The Labute approximate surface area is 186 Å². The molecule has 1 amide bonds. The molecule has 1 heterocycles. The summed E-state index contributed by atoms with van der Waals surface area (Å²) < 4.78 is 17.4. The van der Waals surface area contributed by atoms with Crippen LogP contribution in [-0.4, -0.2) is 35.9 Å². The van der Waals surface area contributed by atoms with Gasteiger partial charge in [0.2, 0.25) is 5.91 Å². The van der Waals surface area contributed by atoms with Gasteiger partial charge in [-0.2, -0.15) is 5.10 Å². The summed E-state index contributed by atoms with van der Waals surface area (Å²) in [5.74, 6) is 0.500. The molecule has 0 atom stereocenters. The van der Waals surface area contributed by atoms with Gasteiger partial charge >= 0.3 is 5.97 Å². The molecule has 0 saturated heterocycles. The summed E-state index contributed by atoms with van der Waals surface area (Å²) >= 11 is 0. The lowest BCUT2D eigenvalue weighted by atomic mass is 10.1. The number of hydrogen-bond donors (Lipinski definition) is 1. The molecule has 0 aliphatic rings. The Hall–Kier alpha value is -4.07. The van der Waals surface area contributed by atoms with Gasteiger partial charge in [0, 0.05) is 18.7 Å². The van der Waals surface area contributed by atoms with Crippen LogP contribution < -0.4 is 14.8 Å². The van der Waals surface area contributed by atoms with Crippen LogP contribution >= 0.6 is 0 Å². The summed E-state index contributed by atoms with van der Waals surface area (Å²) in [6, 6.07) is 13.3. The monoisotopic (exact) mass is 435 g/mol. The average molecular weight is 435 g/mol. The molecule has 3 aromatic rings. The topological polar surface area (TPSA) is 91.7 Å². The number of esters is 1. The van der Waals surface area contributed by atoms with Gasteiger partial charge < -0.3 is 19.5 Å². The number of aryl methyl sites for hydroxylation is 2. The molecule has 1 N–H and O–H groups in total. The minimum atomic E-state index is -0.585. The van der Waals surface area contributed by atoms with Crippen molar-refractivity contribution in [3.63, 3.8) is 0 Å². The smallest absolute Gasteiger partial charge is 0.358 e. The number of carbonyl (C=O) groups excluding carboxylic acids is 2. The summed E-state index contributed by atoms with van der Waals surface area (Å²) in [4.78, 5) is 24.3. The second kappa shape index (κ2) is 10.3. The Morgan fingerprint density at radius 3 is 2.62 bits per heavy atom. The van der Waals surface area contributed by atoms with E-state index in [1.807, 2.05) is 49.4 Å². The fraction of sp³-hybridized carbons (Fsp3) is 0.208. The second-order valence-corrected chi connectivity index (χ2v) is 6.97. The Morgan fingerprint density at radius 2 is 1.91 bits per heavy atom. The maximum atomic E-state index is 12.4. The number of carbonyl (C=O) groups is 2. The fourth-order valence-electron chi connectivity index (χ4n) is 3.10. The van der Waals surface area contributed by atoms with Crippen molar-refractivity contribution in [2.45, 2.75) is 13.5 Å². The maximum absolute atomic E-state index is 12.4. The molecule has 0 saturated carbocycles. The van der Waals surface area contributed by atoms with Crippen LogP contribution in [0.3, 0.4) is 0 Å². The predicted octanol–water partition coefficient (Wildman–Crippen LogP) is 3.75. The zero-order valence-electron chi connectivity index (χ0n) is 18.4. The van der Waals surface area contributed by atoms with Crippen molar-refractivity contribution in [2.24, 2.45) is 7.05 Å². The van der Waals surface area contributed by atoms with E-state index in [0.29, 0.717) is 12.4 Å². The minimum absolute atomic E-state index is 0.161. The molecule has 1 aromatic heterocycles. The Balaban J connectivity index is 1.72. The third-order valence-corrected chi connectivity index (χ3v) is 4.78. The molecule has 0 fully saturated rings. The van der Waals surface area contributed by atoms with E-state index in [1.54, 1.807) is 20.2 Å². The van der Waals surface area contributed by atoms with Crippen molar-refractivity contribution >= 4 is 23.6 Å². The normalized spacial score (nSPS) is 10.8. The van der Waals surface area contributed by atoms with Crippen molar-refractivity contribution in [2.75, 3.05) is 19.5 Å². The molecular formula is C24H25N3O5. The number of aromatic nitrogens is 2. The summed E-state index contributed by atoms with van der Waals surface area (Å²) in [6.45, 7) is 2.30. The van der Waals surface area contributed by atoms with E-state index in [0.717, 1.165) is 22.4 Å². The quantitative estimate of drug-likeness (QED) is 0.428. The lowest BCUT2D eigenvalue weighted by molar-refractivity contribution is -0.111. The minimum Gasteiger partial charge on any atom is -0.496 e. The molecule has 8 heteroatoms. The van der Waals surface area contributed by atoms with Crippen molar-refractivity contribution in [1.82, 2.24) is 9.78 Å². The van der Waals surface area contributed by atoms with Gasteiger partial charge in [0.1, 0.15) is 18.1 Å². The van der Waals surface area contributed by atoms with Gasteiger partial charge in [0.05, 0.1) is 26.1 Å². The number of hydrogen-bond acceptors (Lipinski definition) is 6. The van der Waals surface area contributed by atoms with Crippen molar-refractivity contribution in [1.29, 1.82) is 0 Å². The van der Waals surface area contributed by atoms with Gasteiger partial charge in [-0.25, -0.2) is 4.79 Å². The zero-order chi connectivity index (χ0) is 23.1. The highest BCUT2D eigenvalue weighted by atomic mass is 16.5. The SMILES string of the molecule is COC(=O)c1c(NC(=O)/C=C/c2ccc(OC)c(COc3ccccc3C)c2)cnn1C. The van der Waals surface area contributed by atoms with Crippen molar-refractivity contribution in [3.05, 3.63) is 77.1 Å². The van der Waals surface area contributed by atoms with Crippen LogP contribution in [0.5, 0.6) is 11.5 Å². The van der Waals surface area contributed by atoms with Crippen molar-refractivity contribution in [3.8, 4) is 11.5 Å². The van der Waals surface area contributed by atoms with E-state index in [-0.39, 0.29) is 11.4 Å². The standard InChI is InChI=1S/C24H25N3O5/c1-16-7-5-6-8-20(16)32-15-18-13-17(9-11-21(18)30-3)10-12-22(28)26-19-14-25-27(2)23(19)24(29)31-4/h5-14H,15H2,1-4H3,(H,26,28)/b12-10+. The third-order valence-electron chi connectivity index (χ3n) is 4.78. The molecular weight excluding hydrogens is 410 g/mol. The summed E-state index contributed by atoms with van der Waals surface area (Å²) in [5, 5.41) is 6.64. The van der Waals surface area contributed by atoms with Gasteiger partial charge in [0.15, 0.2) is 5.69 Å². The molecule has 0 bridgehead atoms. The third kappa shape index (κ3) is 5.34. The van der Waals surface area contributed by atoms with Crippen LogP contribution in [0.2, 0.25) is 0 Å². The van der Waals surface area contributed by atoms with Gasteiger partial charge in [-0.05, 0) is 42.3 Å². The number of rotatable bonds is 8. The molecule has 0 radical (unpaired) electrons. The van der Waals surface area contributed by atoms with Gasteiger partial charge in [-0.3, -0.25) is 9.48 Å². The van der Waals surface area contributed by atoms with E-state index in [1.165, 1.54) is 24.1 Å². The molecule has 0 aliphatic heterocycles. The number of benzene rings is 2. The van der Waals surface area contributed by atoms with Crippen LogP contribution in [0.4, 0.5) is 5.69 Å². The molecule has 0 aliphatic carbocycles. The average Bonchev–Trinajstić information content (AvgIpc) is 3.16. The first-order valence-electron chi connectivity index (χ1n) is 9.87. The van der Waals surface area contributed by atoms with Gasteiger partial charge in [0.25, 0.3) is 0 Å². The van der Waals surface area contributed by atoms with Gasteiger partial charge in [-0.15, -0.1) is 0 Å². The lowest BCUT2D eigenvalue weighted by Crippen LogP contribution is -2.14. The highest BCUT2D eigenvalue weighted by Crippen LogP contribution is 2.24. The molecule has 32 heavy (non-hydrogen) atoms. The van der Waals surface area contributed by atoms with Crippen LogP contribution in [0.15, 0.2) is 54.7 Å². The van der Waals surface area contributed by atoms with E-state index < -0.39 is 11.9 Å². The van der Waals surface area contributed by atoms with E-state index in [4.69, 9.17) is 14.2 Å². The summed E-state index contributed by atoms with van der Waals surface area (Å²) in [5.41, 5.74) is 3.12. The largest absolute Gasteiger partial charge is 0.496 e. The van der Waals surface area contributed by atoms with Crippen LogP contribution in [0.1, 0.15) is 27.2 Å². The Bertz CT molecular complexity index is 1150. The number of nitrogens with zero attached hydrogens (tertiary/aromatic N) is 2. The first kappa shape index (κ1) is 22.6. The number of methoxy groups -OCH3 is 2. The highest BCUT2D eigenvalue weighted by molar-refractivity contribution is 6.05. The maximum Gasteiger partial charge on any atom is 0.358 e. The number of amides is 1. The second-order valence-electron chi connectivity index (χ2n) is 6.97. The molecule has 166 valence electrons. The molecule has 3 rings (SSSR count). The summed E-state index contributed by atoms with van der Waals surface area (Å²) in [7, 11) is 4.46.